The van der Waals surface area contributed by atoms with E-state index in [0.717, 1.165) is 15.6 Å². The van der Waals surface area contributed by atoms with Gasteiger partial charge in [0.25, 0.3) is 11.5 Å². The molecule has 1 aliphatic rings. The van der Waals surface area contributed by atoms with Gasteiger partial charge in [0, 0.05) is 24.2 Å². The van der Waals surface area contributed by atoms with E-state index in [0.29, 0.717) is 13.1 Å². The number of thiophene rings is 1. The summed E-state index contributed by atoms with van der Waals surface area (Å²) in [6.45, 7) is 0.682. The van der Waals surface area contributed by atoms with Gasteiger partial charge in [-0.2, -0.15) is 0 Å². The minimum Gasteiger partial charge on any atom is -0.353 e. The van der Waals surface area contributed by atoms with Crippen LogP contribution in [0.15, 0.2) is 33.3 Å². The Kier molecular flexibility index (Phi) is 4.11. The molecule has 120 valence electrons. The van der Waals surface area contributed by atoms with Gasteiger partial charge in [0.2, 0.25) is 5.91 Å². The highest BCUT2D eigenvalue weighted by Gasteiger charge is 2.25. The third kappa shape index (κ3) is 3.09. The van der Waals surface area contributed by atoms with Crippen LogP contribution < -0.4 is 16.6 Å². The average molecular weight is 334 g/mol. The van der Waals surface area contributed by atoms with Gasteiger partial charge in [-0.3, -0.25) is 19.0 Å². The zero-order chi connectivity index (χ0) is 16.4. The molecule has 0 radical (unpaired) electrons. The van der Waals surface area contributed by atoms with Gasteiger partial charge in [0.1, 0.15) is 5.56 Å². The maximum absolute atomic E-state index is 12.5. The SMILES string of the molecule is O=C1CN(C(=O)c2c[nH]c(=O)n(Cc3cccs3)c2=O)CCN1. The molecule has 23 heavy (non-hydrogen) atoms. The van der Waals surface area contributed by atoms with E-state index in [-0.39, 0.29) is 24.6 Å². The number of H-pyrrole nitrogens is 1. The van der Waals surface area contributed by atoms with Crippen molar-refractivity contribution in [2.45, 2.75) is 6.54 Å². The lowest BCUT2D eigenvalue weighted by Gasteiger charge is -2.26. The summed E-state index contributed by atoms with van der Waals surface area (Å²) in [6.07, 6.45) is 1.12. The number of piperazine rings is 1. The van der Waals surface area contributed by atoms with E-state index in [1.807, 2.05) is 11.4 Å². The first-order chi connectivity index (χ1) is 11.1. The second-order valence-electron chi connectivity index (χ2n) is 5.05. The molecule has 8 nitrogen and oxygen atoms in total. The molecule has 2 aromatic heterocycles. The van der Waals surface area contributed by atoms with Crippen molar-refractivity contribution in [1.82, 2.24) is 19.8 Å². The molecule has 2 amide bonds. The minimum atomic E-state index is -0.655. The predicted molar refractivity (Wildman–Crippen MR) is 83.7 cm³/mol. The van der Waals surface area contributed by atoms with Crippen molar-refractivity contribution in [2.24, 2.45) is 0 Å². The number of rotatable bonds is 3. The first kappa shape index (κ1) is 15.2. The smallest absolute Gasteiger partial charge is 0.328 e. The van der Waals surface area contributed by atoms with Crippen LogP contribution >= 0.6 is 11.3 Å². The zero-order valence-electron chi connectivity index (χ0n) is 12.1. The van der Waals surface area contributed by atoms with Gasteiger partial charge in [-0.05, 0) is 11.4 Å². The number of carbonyl (C=O) groups excluding carboxylic acids is 2. The van der Waals surface area contributed by atoms with Gasteiger partial charge in [-0.1, -0.05) is 6.07 Å². The van der Waals surface area contributed by atoms with Gasteiger partial charge in [-0.25, -0.2) is 4.79 Å². The summed E-state index contributed by atoms with van der Waals surface area (Å²) in [5.74, 6) is -0.825. The second-order valence-corrected chi connectivity index (χ2v) is 6.09. The van der Waals surface area contributed by atoms with E-state index in [1.54, 1.807) is 6.07 Å². The highest BCUT2D eigenvalue weighted by Crippen LogP contribution is 2.08. The summed E-state index contributed by atoms with van der Waals surface area (Å²) < 4.78 is 0.989. The molecule has 0 atom stereocenters. The molecule has 2 N–H and O–H groups in total. The second kappa shape index (κ2) is 6.21. The lowest BCUT2D eigenvalue weighted by molar-refractivity contribution is -0.123. The molecule has 0 unspecified atom stereocenters. The fraction of sp³-hybridized carbons (Fsp3) is 0.286. The van der Waals surface area contributed by atoms with Crippen LogP contribution in [0.25, 0.3) is 0 Å². The van der Waals surface area contributed by atoms with Crippen LogP contribution in [0.1, 0.15) is 15.2 Å². The molecule has 0 aliphatic carbocycles. The summed E-state index contributed by atoms with van der Waals surface area (Å²) in [6, 6.07) is 3.63. The van der Waals surface area contributed by atoms with E-state index >= 15 is 0 Å². The number of hydrogen-bond acceptors (Lipinski definition) is 5. The molecule has 1 fully saturated rings. The molecule has 1 saturated heterocycles. The van der Waals surface area contributed by atoms with Crippen LogP contribution in [0.2, 0.25) is 0 Å². The van der Waals surface area contributed by atoms with E-state index in [1.165, 1.54) is 16.2 Å². The first-order valence-corrected chi connectivity index (χ1v) is 7.85. The first-order valence-electron chi connectivity index (χ1n) is 6.97. The Morgan fingerprint density at radius 3 is 2.83 bits per heavy atom. The van der Waals surface area contributed by atoms with Crippen molar-refractivity contribution in [1.29, 1.82) is 0 Å². The third-order valence-corrected chi connectivity index (χ3v) is 4.37. The highest BCUT2D eigenvalue weighted by molar-refractivity contribution is 7.09. The number of hydrogen-bond donors (Lipinski definition) is 2. The van der Waals surface area contributed by atoms with Crippen LogP contribution in [0.5, 0.6) is 0 Å². The number of aromatic nitrogens is 2. The van der Waals surface area contributed by atoms with Crippen molar-refractivity contribution in [2.75, 3.05) is 19.6 Å². The van der Waals surface area contributed by atoms with E-state index in [4.69, 9.17) is 0 Å². The summed E-state index contributed by atoms with van der Waals surface area (Å²) >= 11 is 1.42. The zero-order valence-corrected chi connectivity index (χ0v) is 12.9. The number of amides is 2. The third-order valence-electron chi connectivity index (χ3n) is 3.51. The standard InChI is InChI=1S/C14H14N4O4S/c19-11-8-17(4-3-15-11)12(20)10-6-16-14(22)18(13(10)21)7-9-2-1-5-23-9/h1-2,5-6H,3-4,7-8H2,(H,15,19)(H,16,22). The molecular weight excluding hydrogens is 320 g/mol. The Balaban J connectivity index is 1.94. The fourth-order valence-electron chi connectivity index (χ4n) is 2.35. The van der Waals surface area contributed by atoms with Crippen molar-refractivity contribution in [3.05, 3.63) is 55.0 Å². The van der Waals surface area contributed by atoms with Crippen molar-refractivity contribution >= 4 is 23.2 Å². The number of aromatic amines is 1. The number of nitrogens with one attached hydrogen (secondary N) is 2. The maximum atomic E-state index is 12.5. The maximum Gasteiger partial charge on any atom is 0.328 e. The Labute approximate surface area is 134 Å². The van der Waals surface area contributed by atoms with Crippen molar-refractivity contribution < 1.29 is 9.59 Å². The number of nitrogens with zero attached hydrogens (tertiary/aromatic N) is 2. The molecule has 2 aromatic rings. The molecular formula is C14H14N4O4S. The topological polar surface area (TPSA) is 104 Å². The summed E-state index contributed by atoms with van der Waals surface area (Å²) in [4.78, 5) is 52.7. The quantitative estimate of drug-likeness (QED) is 0.768. The monoisotopic (exact) mass is 334 g/mol. The Bertz CT molecular complexity index is 852. The van der Waals surface area contributed by atoms with Gasteiger partial charge >= 0.3 is 5.69 Å². The molecule has 3 heterocycles. The fourth-order valence-corrected chi connectivity index (χ4v) is 3.04. The van der Waals surface area contributed by atoms with Crippen molar-refractivity contribution in [3.63, 3.8) is 0 Å². The Morgan fingerprint density at radius 2 is 2.13 bits per heavy atom. The molecule has 0 aromatic carbocycles. The average Bonchev–Trinajstić information content (AvgIpc) is 3.04. The van der Waals surface area contributed by atoms with Crippen LogP contribution in [0, 0.1) is 0 Å². The largest absolute Gasteiger partial charge is 0.353 e. The van der Waals surface area contributed by atoms with Crippen LogP contribution in [-0.2, 0) is 11.3 Å². The molecule has 1 aliphatic heterocycles. The Hall–Kier alpha value is -2.68. The lowest BCUT2D eigenvalue weighted by Crippen LogP contribution is -2.51. The van der Waals surface area contributed by atoms with E-state index in [2.05, 4.69) is 10.3 Å². The number of carbonyl (C=O) groups is 2. The molecule has 0 saturated carbocycles. The lowest BCUT2D eigenvalue weighted by atomic mass is 10.2. The van der Waals surface area contributed by atoms with Gasteiger partial charge < -0.3 is 15.2 Å². The van der Waals surface area contributed by atoms with E-state index in [9.17, 15) is 19.2 Å². The van der Waals surface area contributed by atoms with Gasteiger partial charge in [-0.15, -0.1) is 11.3 Å². The van der Waals surface area contributed by atoms with Gasteiger partial charge in [0.15, 0.2) is 0 Å². The Morgan fingerprint density at radius 1 is 1.30 bits per heavy atom. The predicted octanol–water partition coefficient (Wildman–Crippen LogP) is -0.782. The van der Waals surface area contributed by atoms with Crippen LogP contribution in [0.3, 0.4) is 0 Å². The molecule has 0 spiro atoms. The minimum absolute atomic E-state index is 0.0949. The highest BCUT2D eigenvalue weighted by atomic mass is 32.1. The normalized spacial score (nSPS) is 14.6. The molecule has 9 heteroatoms. The van der Waals surface area contributed by atoms with Gasteiger partial charge in [0.05, 0.1) is 13.1 Å². The molecule has 3 rings (SSSR count). The van der Waals surface area contributed by atoms with E-state index < -0.39 is 17.2 Å². The summed E-state index contributed by atoms with van der Waals surface area (Å²) in [7, 11) is 0. The summed E-state index contributed by atoms with van der Waals surface area (Å²) in [5, 5.41) is 4.45. The van der Waals surface area contributed by atoms with Crippen molar-refractivity contribution in [3.8, 4) is 0 Å². The summed E-state index contributed by atoms with van der Waals surface area (Å²) in [5.41, 5.74) is -1.37. The van der Waals surface area contributed by atoms with Crippen LogP contribution in [0.4, 0.5) is 0 Å². The molecule has 0 bridgehead atoms. The van der Waals surface area contributed by atoms with Crippen LogP contribution in [-0.4, -0.2) is 45.9 Å².